The van der Waals surface area contributed by atoms with Crippen LogP contribution in [0.3, 0.4) is 0 Å². The summed E-state index contributed by atoms with van der Waals surface area (Å²) in [6.45, 7) is 1.85. The minimum atomic E-state index is -0.694. The fourth-order valence-corrected chi connectivity index (χ4v) is 2.77. The number of carbonyl (C=O) groups excluding carboxylic acids is 2. The lowest BCUT2D eigenvalue weighted by Gasteiger charge is -2.17. The van der Waals surface area contributed by atoms with Crippen molar-refractivity contribution in [1.29, 1.82) is 0 Å². The van der Waals surface area contributed by atoms with Crippen LogP contribution in [0, 0.1) is 6.92 Å². The van der Waals surface area contributed by atoms with Crippen molar-refractivity contribution >= 4 is 11.8 Å². The van der Waals surface area contributed by atoms with Crippen molar-refractivity contribution in [3.63, 3.8) is 0 Å². The Morgan fingerprint density at radius 2 is 1.22 bits per heavy atom. The van der Waals surface area contributed by atoms with Crippen molar-refractivity contribution in [3.05, 3.63) is 46.5 Å². The van der Waals surface area contributed by atoms with Crippen LogP contribution in [0.15, 0.2) is 24.3 Å². The molecule has 7 nitrogen and oxygen atoms in total. The number of carbonyl (C=O) groups is 2. The van der Waals surface area contributed by atoms with Crippen LogP contribution in [0.1, 0.15) is 31.8 Å². The zero-order chi connectivity index (χ0) is 20.1. The molecule has 0 saturated carbocycles. The van der Waals surface area contributed by atoms with Crippen LogP contribution in [0.5, 0.6) is 23.0 Å². The van der Waals surface area contributed by atoms with Gasteiger partial charge in [0.1, 0.15) is 28.6 Å². The van der Waals surface area contributed by atoms with Gasteiger partial charge < -0.3 is 23.7 Å². The largest absolute Gasteiger partial charge is 0.497 e. The van der Waals surface area contributed by atoms with Gasteiger partial charge in [0.05, 0.1) is 46.7 Å². The third-order valence-corrected chi connectivity index (χ3v) is 4.04. The first-order valence-corrected chi connectivity index (χ1v) is 8.03. The lowest BCUT2D eigenvalue weighted by atomic mass is 9.94. The summed E-state index contributed by atoms with van der Waals surface area (Å²) in [5.41, 5.74) is 1.09. The molecule has 0 spiro atoms. The van der Waals surface area contributed by atoms with Crippen LogP contribution in [0.4, 0.5) is 0 Å². The van der Waals surface area contributed by atoms with Crippen LogP contribution in [-0.4, -0.2) is 47.3 Å². The van der Waals surface area contributed by atoms with E-state index in [0.717, 1.165) is 5.56 Å². The highest BCUT2D eigenvalue weighted by molar-refractivity contribution is 6.18. The predicted octanol–water partition coefficient (Wildman–Crippen LogP) is 3.05. The number of rotatable bonds is 7. The number of hydrogen-bond donors (Lipinski definition) is 0. The number of esters is 1. The fraction of sp³-hybridized carbons (Fsp3) is 0.300. The first-order valence-electron chi connectivity index (χ1n) is 8.03. The molecule has 0 amide bonds. The van der Waals surface area contributed by atoms with E-state index in [1.54, 1.807) is 12.1 Å². The molecule has 0 N–H and O–H groups in total. The Morgan fingerprint density at radius 3 is 1.67 bits per heavy atom. The van der Waals surface area contributed by atoms with Gasteiger partial charge in [0.2, 0.25) is 5.78 Å². The Hall–Kier alpha value is -3.22. The minimum absolute atomic E-state index is 0.0170. The van der Waals surface area contributed by atoms with Gasteiger partial charge in [0.25, 0.3) is 0 Å². The van der Waals surface area contributed by atoms with Crippen molar-refractivity contribution < 1.29 is 33.3 Å². The van der Waals surface area contributed by atoms with Crippen LogP contribution in [-0.2, 0) is 4.74 Å². The molecule has 0 unspecified atom stereocenters. The summed E-state index contributed by atoms with van der Waals surface area (Å²) >= 11 is 0. The molecule has 144 valence electrons. The second-order valence-electron chi connectivity index (χ2n) is 5.62. The Morgan fingerprint density at radius 1 is 0.704 bits per heavy atom. The van der Waals surface area contributed by atoms with Gasteiger partial charge in [-0.1, -0.05) is 0 Å². The summed E-state index contributed by atoms with van der Waals surface area (Å²) in [6.07, 6.45) is 0. The molecule has 7 heteroatoms. The summed E-state index contributed by atoms with van der Waals surface area (Å²) in [4.78, 5) is 25.8. The van der Waals surface area contributed by atoms with Crippen LogP contribution >= 0.6 is 0 Å². The van der Waals surface area contributed by atoms with Gasteiger partial charge in [-0.05, 0) is 30.7 Å². The van der Waals surface area contributed by atoms with Crippen molar-refractivity contribution in [2.75, 3.05) is 35.5 Å². The Bertz CT molecular complexity index is 846. The lowest BCUT2D eigenvalue weighted by molar-refractivity contribution is 0.0596. The van der Waals surface area contributed by atoms with Crippen LogP contribution < -0.4 is 18.9 Å². The molecule has 2 aromatic carbocycles. The fourth-order valence-electron chi connectivity index (χ4n) is 2.77. The maximum atomic E-state index is 13.4. The summed E-state index contributed by atoms with van der Waals surface area (Å²) in [7, 11) is 6.99. The number of methoxy groups -OCH3 is 5. The number of ketones is 1. The van der Waals surface area contributed by atoms with E-state index < -0.39 is 11.8 Å². The van der Waals surface area contributed by atoms with E-state index in [1.165, 1.54) is 47.7 Å². The average molecular weight is 374 g/mol. The van der Waals surface area contributed by atoms with Gasteiger partial charge in [0.15, 0.2) is 0 Å². The van der Waals surface area contributed by atoms with Crippen molar-refractivity contribution in [2.24, 2.45) is 0 Å². The molecule has 0 radical (unpaired) electrons. The highest BCUT2D eigenvalue weighted by Crippen LogP contribution is 2.37. The molecule has 2 rings (SSSR count). The Labute approximate surface area is 157 Å². The molecule has 0 atom stereocenters. The number of aryl methyl sites for hydroxylation is 1. The van der Waals surface area contributed by atoms with E-state index in [0.29, 0.717) is 17.2 Å². The summed E-state index contributed by atoms with van der Waals surface area (Å²) in [6, 6.07) is 6.37. The van der Waals surface area contributed by atoms with Crippen molar-refractivity contribution in [1.82, 2.24) is 0 Å². The lowest BCUT2D eigenvalue weighted by Crippen LogP contribution is -2.15. The topological polar surface area (TPSA) is 80.3 Å². The molecule has 0 saturated heterocycles. The van der Waals surface area contributed by atoms with Gasteiger partial charge in [0, 0.05) is 6.07 Å². The number of ether oxygens (including phenoxy) is 5. The molecule has 0 fully saturated rings. The predicted molar refractivity (Wildman–Crippen MR) is 98.6 cm³/mol. The smallest absolute Gasteiger partial charge is 0.338 e. The van der Waals surface area contributed by atoms with Crippen LogP contribution in [0.2, 0.25) is 0 Å². The highest BCUT2D eigenvalue weighted by atomic mass is 16.5. The molecule has 0 aromatic heterocycles. The highest BCUT2D eigenvalue weighted by Gasteiger charge is 2.29. The second-order valence-corrected chi connectivity index (χ2v) is 5.62. The Kier molecular flexibility index (Phi) is 6.28. The van der Waals surface area contributed by atoms with Gasteiger partial charge in [-0.15, -0.1) is 0 Å². The Balaban J connectivity index is 2.82. The monoisotopic (exact) mass is 374 g/mol. The molecular weight excluding hydrogens is 352 g/mol. The normalized spacial score (nSPS) is 10.1. The van der Waals surface area contributed by atoms with E-state index in [9.17, 15) is 9.59 Å². The number of benzene rings is 2. The zero-order valence-corrected chi connectivity index (χ0v) is 16.2. The zero-order valence-electron chi connectivity index (χ0n) is 16.2. The SMILES string of the molecule is COC(=O)c1cc(OC)cc(OC)c1C(=O)c1c(OC)cc(C)cc1OC. The third-order valence-electron chi connectivity index (χ3n) is 4.04. The van der Waals surface area contributed by atoms with E-state index >= 15 is 0 Å². The average Bonchev–Trinajstić information content (AvgIpc) is 2.70. The van der Waals surface area contributed by atoms with Gasteiger partial charge >= 0.3 is 5.97 Å². The minimum Gasteiger partial charge on any atom is -0.497 e. The molecule has 0 aliphatic carbocycles. The standard InChI is InChI=1S/C20H22O7/c1-11-7-14(24-3)18(15(8-11)25-4)19(21)17-13(20(22)27-6)9-12(23-2)10-16(17)26-5/h7-10H,1-6H3. The quantitative estimate of drug-likeness (QED) is 0.544. The van der Waals surface area contributed by atoms with E-state index in [1.807, 2.05) is 6.92 Å². The molecule has 0 aliphatic rings. The van der Waals surface area contributed by atoms with Crippen molar-refractivity contribution in [2.45, 2.75) is 6.92 Å². The molecule has 2 aromatic rings. The second kappa shape index (κ2) is 8.44. The third kappa shape index (κ3) is 3.81. The van der Waals surface area contributed by atoms with Gasteiger partial charge in [-0.2, -0.15) is 0 Å². The first-order chi connectivity index (χ1) is 12.9. The number of hydrogen-bond acceptors (Lipinski definition) is 7. The van der Waals surface area contributed by atoms with Crippen molar-refractivity contribution in [3.8, 4) is 23.0 Å². The van der Waals surface area contributed by atoms with E-state index in [4.69, 9.17) is 23.7 Å². The van der Waals surface area contributed by atoms with E-state index in [2.05, 4.69) is 0 Å². The summed E-state index contributed by atoms with van der Waals surface area (Å²) in [5, 5.41) is 0. The summed E-state index contributed by atoms with van der Waals surface area (Å²) in [5.74, 6) is -0.0173. The molecule has 0 bridgehead atoms. The molecular formula is C20H22O7. The maximum absolute atomic E-state index is 13.4. The van der Waals surface area contributed by atoms with Gasteiger partial charge in [-0.25, -0.2) is 4.79 Å². The molecule has 0 aliphatic heterocycles. The maximum Gasteiger partial charge on any atom is 0.338 e. The first kappa shape index (κ1) is 20.1. The van der Waals surface area contributed by atoms with Gasteiger partial charge in [-0.3, -0.25) is 4.79 Å². The molecule has 27 heavy (non-hydrogen) atoms. The summed E-state index contributed by atoms with van der Waals surface area (Å²) < 4.78 is 26.1. The van der Waals surface area contributed by atoms with Crippen LogP contribution in [0.25, 0.3) is 0 Å². The molecule has 0 heterocycles. The van der Waals surface area contributed by atoms with E-state index in [-0.39, 0.29) is 22.4 Å².